The molecule has 2 aliphatic carbocycles. The van der Waals surface area contributed by atoms with E-state index in [1.807, 2.05) is 0 Å². The SMILES string of the molecule is C[C@H](NC1CCCC(C)(C)CC1)C1CCCCC1. The van der Waals surface area contributed by atoms with Crippen molar-refractivity contribution in [3.05, 3.63) is 0 Å². The van der Waals surface area contributed by atoms with Crippen molar-refractivity contribution in [1.82, 2.24) is 5.32 Å². The lowest BCUT2D eigenvalue weighted by atomic mass is 9.84. The van der Waals surface area contributed by atoms with Crippen LogP contribution in [0.2, 0.25) is 0 Å². The molecule has 106 valence electrons. The number of hydrogen-bond acceptors (Lipinski definition) is 1. The third-order valence-electron chi connectivity index (χ3n) is 5.43. The van der Waals surface area contributed by atoms with Crippen LogP contribution < -0.4 is 5.32 Å². The highest BCUT2D eigenvalue weighted by atomic mass is 15.0. The average Bonchev–Trinajstić information content (AvgIpc) is 2.52. The molecule has 0 aromatic rings. The molecule has 0 radical (unpaired) electrons. The molecule has 0 aromatic heterocycles. The molecule has 0 spiro atoms. The molecular weight excluding hydrogens is 218 g/mol. The van der Waals surface area contributed by atoms with Crippen molar-refractivity contribution >= 4 is 0 Å². The van der Waals surface area contributed by atoms with Gasteiger partial charge >= 0.3 is 0 Å². The molecule has 1 unspecified atom stereocenters. The van der Waals surface area contributed by atoms with Crippen molar-refractivity contribution in [3.63, 3.8) is 0 Å². The third kappa shape index (κ3) is 4.26. The number of rotatable bonds is 3. The summed E-state index contributed by atoms with van der Waals surface area (Å²) < 4.78 is 0. The van der Waals surface area contributed by atoms with Gasteiger partial charge in [0, 0.05) is 12.1 Å². The zero-order valence-electron chi connectivity index (χ0n) is 12.8. The predicted octanol–water partition coefficient (Wildman–Crippen LogP) is 4.90. The van der Waals surface area contributed by atoms with Crippen LogP contribution in [0.1, 0.15) is 85.0 Å². The van der Waals surface area contributed by atoms with Crippen LogP contribution in [-0.4, -0.2) is 12.1 Å². The quantitative estimate of drug-likeness (QED) is 0.703. The summed E-state index contributed by atoms with van der Waals surface area (Å²) in [6.07, 6.45) is 14.4. The molecule has 1 N–H and O–H groups in total. The van der Waals surface area contributed by atoms with Crippen LogP contribution in [0, 0.1) is 11.3 Å². The maximum absolute atomic E-state index is 3.97. The molecule has 2 fully saturated rings. The second-order valence-electron chi connectivity index (χ2n) is 7.65. The van der Waals surface area contributed by atoms with Gasteiger partial charge in [-0.15, -0.1) is 0 Å². The Morgan fingerprint density at radius 1 is 0.889 bits per heavy atom. The molecule has 18 heavy (non-hydrogen) atoms. The first-order valence-corrected chi connectivity index (χ1v) is 8.33. The lowest BCUT2D eigenvalue weighted by molar-refractivity contribution is 0.252. The number of hydrogen-bond donors (Lipinski definition) is 1. The summed E-state index contributed by atoms with van der Waals surface area (Å²) in [7, 11) is 0. The van der Waals surface area contributed by atoms with Crippen LogP contribution in [-0.2, 0) is 0 Å². The van der Waals surface area contributed by atoms with Crippen molar-refractivity contribution in [2.45, 2.75) is 97.1 Å². The summed E-state index contributed by atoms with van der Waals surface area (Å²) in [5.41, 5.74) is 0.588. The molecule has 0 heterocycles. The Kier molecular flexibility index (Phi) is 5.12. The second-order valence-corrected chi connectivity index (χ2v) is 7.65. The highest BCUT2D eigenvalue weighted by Gasteiger charge is 2.27. The van der Waals surface area contributed by atoms with Gasteiger partial charge in [-0.25, -0.2) is 0 Å². The Balaban J connectivity index is 1.77. The van der Waals surface area contributed by atoms with E-state index in [9.17, 15) is 0 Å². The van der Waals surface area contributed by atoms with Gasteiger partial charge in [0.2, 0.25) is 0 Å². The molecule has 2 aliphatic rings. The summed E-state index contributed by atoms with van der Waals surface area (Å²) >= 11 is 0. The predicted molar refractivity (Wildman–Crippen MR) is 79.8 cm³/mol. The van der Waals surface area contributed by atoms with E-state index in [1.165, 1.54) is 64.2 Å². The lowest BCUT2D eigenvalue weighted by Gasteiger charge is -2.31. The Bertz CT molecular complexity index is 240. The topological polar surface area (TPSA) is 12.0 Å². The van der Waals surface area contributed by atoms with Crippen LogP contribution in [0.15, 0.2) is 0 Å². The van der Waals surface area contributed by atoms with Gasteiger partial charge in [0.25, 0.3) is 0 Å². The molecule has 0 amide bonds. The van der Waals surface area contributed by atoms with Crippen LogP contribution in [0.25, 0.3) is 0 Å². The summed E-state index contributed by atoms with van der Waals surface area (Å²) in [5.74, 6) is 0.954. The summed E-state index contributed by atoms with van der Waals surface area (Å²) in [6, 6.07) is 1.54. The highest BCUT2D eigenvalue weighted by molar-refractivity contribution is 4.83. The normalized spacial score (nSPS) is 31.8. The smallest absolute Gasteiger partial charge is 0.00698 e. The Morgan fingerprint density at radius 2 is 1.61 bits per heavy atom. The summed E-state index contributed by atoms with van der Waals surface area (Å²) in [4.78, 5) is 0. The van der Waals surface area contributed by atoms with Crippen molar-refractivity contribution in [3.8, 4) is 0 Å². The standard InChI is InChI=1S/C17H33N/c1-14(15-8-5-4-6-9-15)18-16-10-7-12-17(2,3)13-11-16/h14-16,18H,4-13H2,1-3H3/t14-,16?/m0/s1. The van der Waals surface area contributed by atoms with Crippen molar-refractivity contribution in [2.75, 3.05) is 0 Å². The van der Waals surface area contributed by atoms with E-state index >= 15 is 0 Å². The van der Waals surface area contributed by atoms with Crippen LogP contribution in [0.3, 0.4) is 0 Å². The molecule has 2 saturated carbocycles. The first kappa shape index (κ1) is 14.4. The molecule has 0 aromatic carbocycles. The molecule has 2 rings (SSSR count). The largest absolute Gasteiger partial charge is 0.311 e. The zero-order valence-corrected chi connectivity index (χ0v) is 12.8. The summed E-state index contributed by atoms with van der Waals surface area (Å²) in [6.45, 7) is 7.33. The molecule has 1 heteroatoms. The first-order chi connectivity index (χ1) is 8.57. The van der Waals surface area contributed by atoms with Crippen molar-refractivity contribution in [1.29, 1.82) is 0 Å². The van der Waals surface area contributed by atoms with E-state index in [1.54, 1.807) is 0 Å². The monoisotopic (exact) mass is 251 g/mol. The fraction of sp³-hybridized carbons (Fsp3) is 1.00. The van der Waals surface area contributed by atoms with Crippen LogP contribution in [0.5, 0.6) is 0 Å². The fourth-order valence-corrected chi connectivity index (χ4v) is 3.97. The fourth-order valence-electron chi connectivity index (χ4n) is 3.97. The van der Waals surface area contributed by atoms with Gasteiger partial charge in [-0.3, -0.25) is 0 Å². The van der Waals surface area contributed by atoms with E-state index in [2.05, 4.69) is 26.1 Å². The minimum absolute atomic E-state index is 0.588. The Hall–Kier alpha value is -0.0400. The van der Waals surface area contributed by atoms with E-state index in [4.69, 9.17) is 0 Å². The molecule has 0 bridgehead atoms. The van der Waals surface area contributed by atoms with Crippen LogP contribution in [0.4, 0.5) is 0 Å². The lowest BCUT2D eigenvalue weighted by Crippen LogP contribution is -2.41. The van der Waals surface area contributed by atoms with Crippen LogP contribution >= 0.6 is 0 Å². The van der Waals surface area contributed by atoms with Gasteiger partial charge < -0.3 is 5.32 Å². The average molecular weight is 251 g/mol. The van der Waals surface area contributed by atoms with Gasteiger partial charge in [0.05, 0.1) is 0 Å². The Morgan fingerprint density at radius 3 is 2.33 bits per heavy atom. The van der Waals surface area contributed by atoms with Gasteiger partial charge in [-0.2, -0.15) is 0 Å². The van der Waals surface area contributed by atoms with Crippen molar-refractivity contribution < 1.29 is 0 Å². The molecule has 1 nitrogen and oxygen atoms in total. The van der Waals surface area contributed by atoms with Gasteiger partial charge in [0.1, 0.15) is 0 Å². The maximum Gasteiger partial charge on any atom is 0.00698 e. The maximum atomic E-state index is 3.97. The van der Waals surface area contributed by atoms with Gasteiger partial charge in [-0.1, -0.05) is 39.5 Å². The minimum atomic E-state index is 0.588. The second kappa shape index (κ2) is 6.41. The van der Waals surface area contributed by atoms with E-state index in [-0.39, 0.29) is 0 Å². The van der Waals surface area contributed by atoms with Crippen molar-refractivity contribution in [2.24, 2.45) is 11.3 Å². The zero-order chi connectivity index (χ0) is 13.0. The first-order valence-electron chi connectivity index (χ1n) is 8.33. The molecule has 0 saturated heterocycles. The molecule has 0 aliphatic heterocycles. The van der Waals surface area contributed by atoms with E-state index in [0.717, 1.165) is 18.0 Å². The molecule has 2 atom stereocenters. The number of nitrogens with one attached hydrogen (secondary N) is 1. The third-order valence-corrected chi connectivity index (χ3v) is 5.43. The Labute approximate surface area is 114 Å². The molecular formula is C17H33N. The highest BCUT2D eigenvalue weighted by Crippen LogP contribution is 2.34. The van der Waals surface area contributed by atoms with Gasteiger partial charge in [-0.05, 0) is 56.8 Å². The summed E-state index contributed by atoms with van der Waals surface area (Å²) in [5, 5.41) is 3.97. The van der Waals surface area contributed by atoms with Gasteiger partial charge in [0.15, 0.2) is 0 Å². The minimum Gasteiger partial charge on any atom is -0.311 e. The van der Waals surface area contributed by atoms with E-state index in [0.29, 0.717) is 5.41 Å². The van der Waals surface area contributed by atoms with E-state index < -0.39 is 0 Å².